The Hall–Kier alpha value is -0.330. The molecule has 1 aromatic rings. The number of phenolic OH excluding ortho intramolecular Hbond substituents is 1. The number of para-hydroxylation sites is 1. The number of rotatable bonds is 4. The third kappa shape index (κ3) is 4.11. The van der Waals surface area contributed by atoms with E-state index in [4.69, 9.17) is 0 Å². The van der Waals surface area contributed by atoms with Gasteiger partial charge in [-0.2, -0.15) is 0 Å². The molecule has 0 saturated carbocycles. The van der Waals surface area contributed by atoms with Crippen molar-refractivity contribution in [3.8, 4) is 5.75 Å². The number of phenols is 1. The van der Waals surface area contributed by atoms with E-state index < -0.39 is 0 Å². The maximum Gasteiger partial charge on any atom is 0.134 e. The van der Waals surface area contributed by atoms with Crippen molar-refractivity contribution in [3.63, 3.8) is 0 Å². The number of hydrogen-bond acceptors (Lipinski definition) is 4. The third-order valence-corrected chi connectivity index (χ3v) is 4.62. The highest BCUT2D eigenvalue weighted by atomic mass is 79.9. The number of halogens is 2. The lowest BCUT2D eigenvalue weighted by molar-refractivity contribution is 0.0292. The largest absolute Gasteiger partial charge is 0.506 e. The minimum Gasteiger partial charge on any atom is -0.506 e. The van der Waals surface area contributed by atoms with Gasteiger partial charge < -0.3 is 15.5 Å². The first-order valence-electron chi connectivity index (χ1n) is 7.00. The van der Waals surface area contributed by atoms with Gasteiger partial charge >= 0.3 is 0 Å². The van der Waals surface area contributed by atoms with Crippen molar-refractivity contribution in [1.29, 1.82) is 0 Å². The van der Waals surface area contributed by atoms with Gasteiger partial charge in [0.25, 0.3) is 0 Å². The molecular formula is C15H24BrClN2O2. The molecular weight excluding hydrogens is 356 g/mol. The zero-order chi connectivity index (χ0) is 14.8. The third-order valence-electron chi connectivity index (χ3n) is 3.98. The number of nitrogens with one attached hydrogen (secondary N) is 1. The first kappa shape index (κ1) is 18.7. The van der Waals surface area contributed by atoms with E-state index in [0.29, 0.717) is 4.47 Å². The molecule has 1 atom stereocenters. The number of nitrogens with zero attached hydrogens (tertiary/aromatic N) is 1. The predicted molar refractivity (Wildman–Crippen MR) is 91.1 cm³/mol. The standard InChI is InChI=1S/C15H23BrN2O2.ClH/c1-15(2,10-19)14(18-8-6-17-7-9-18)11-4-3-5-12(16)13(11)20;/h3-5,14,17,19-20H,6-10H2,1-2H3;1H/t14-;/m1./s1. The summed E-state index contributed by atoms with van der Waals surface area (Å²) in [4.78, 5) is 2.34. The summed E-state index contributed by atoms with van der Waals surface area (Å²) in [5.41, 5.74) is 0.552. The normalized spacial score (nSPS) is 18.1. The second-order valence-corrected chi connectivity index (χ2v) is 6.87. The van der Waals surface area contributed by atoms with Gasteiger partial charge in [0.1, 0.15) is 5.75 Å². The van der Waals surface area contributed by atoms with Gasteiger partial charge in [-0.25, -0.2) is 0 Å². The van der Waals surface area contributed by atoms with Gasteiger partial charge in [0.05, 0.1) is 4.47 Å². The van der Waals surface area contributed by atoms with Crippen molar-refractivity contribution in [2.24, 2.45) is 5.41 Å². The fourth-order valence-corrected chi connectivity index (χ4v) is 3.27. The van der Waals surface area contributed by atoms with Crippen molar-refractivity contribution in [3.05, 3.63) is 28.2 Å². The molecule has 0 radical (unpaired) electrons. The van der Waals surface area contributed by atoms with E-state index in [1.807, 2.05) is 32.0 Å². The highest BCUT2D eigenvalue weighted by molar-refractivity contribution is 9.10. The lowest BCUT2D eigenvalue weighted by atomic mass is 9.79. The summed E-state index contributed by atoms with van der Waals surface area (Å²) >= 11 is 3.38. The van der Waals surface area contributed by atoms with E-state index in [-0.39, 0.29) is 36.2 Å². The average Bonchev–Trinajstić information content (AvgIpc) is 2.45. The van der Waals surface area contributed by atoms with E-state index in [9.17, 15) is 10.2 Å². The predicted octanol–water partition coefficient (Wildman–Crippen LogP) is 2.54. The molecule has 3 N–H and O–H groups in total. The molecule has 21 heavy (non-hydrogen) atoms. The summed E-state index contributed by atoms with van der Waals surface area (Å²) in [5.74, 6) is 0.276. The first-order valence-corrected chi connectivity index (χ1v) is 7.79. The smallest absolute Gasteiger partial charge is 0.134 e. The Balaban J connectivity index is 0.00000220. The molecule has 6 heteroatoms. The van der Waals surface area contributed by atoms with Crippen molar-refractivity contribution < 1.29 is 10.2 Å². The molecule has 2 rings (SSSR count). The van der Waals surface area contributed by atoms with Crippen LogP contribution in [-0.4, -0.2) is 47.9 Å². The highest BCUT2D eigenvalue weighted by Gasteiger charge is 2.37. The zero-order valence-electron chi connectivity index (χ0n) is 12.5. The molecule has 1 aliphatic rings. The maximum atomic E-state index is 10.4. The van der Waals surface area contributed by atoms with Crippen LogP contribution in [0.25, 0.3) is 0 Å². The minimum atomic E-state index is -0.324. The van der Waals surface area contributed by atoms with E-state index in [2.05, 4.69) is 26.1 Å². The molecule has 0 unspecified atom stereocenters. The van der Waals surface area contributed by atoms with Crippen LogP contribution < -0.4 is 5.32 Å². The van der Waals surface area contributed by atoms with Crippen LogP contribution in [0.1, 0.15) is 25.5 Å². The molecule has 1 aromatic carbocycles. The quantitative estimate of drug-likeness (QED) is 0.752. The number of hydrogen-bond donors (Lipinski definition) is 3. The molecule has 1 fully saturated rings. The van der Waals surface area contributed by atoms with E-state index in [1.165, 1.54) is 0 Å². The number of aromatic hydroxyl groups is 1. The van der Waals surface area contributed by atoms with Crippen molar-refractivity contribution in [2.75, 3.05) is 32.8 Å². The Kier molecular flexibility index (Phi) is 6.94. The second-order valence-electron chi connectivity index (χ2n) is 6.01. The molecule has 120 valence electrons. The number of aliphatic hydroxyl groups is 1. The molecule has 1 heterocycles. The highest BCUT2D eigenvalue weighted by Crippen LogP contribution is 2.43. The van der Waals surface area contributed by atoms with Crippen LogP contribution in [0.2, 0.25) is 0 Å². The monoisotopic (exact) mass is 378 g/mol. The summed E-state index contributed by atoms with van der Waals surface area (Å²) in [6.07, 6.45) is 0. The van der Waals surface area contributed by atoms with E-state index in [0.717, 1.165) is 31.7 Å². The Labute approximate surface area is 141 Å². The lowest BCUT2D eigenvalue weighted by Gasteiger charge is -2.43. The fourth-order valence-electron chi connectivity index (χ4n) is 2.89. The fraction of sp³-hybridized carbons (Fsp3) is 0.600. The molecule has 0 aliphatic carbocycles. The van der Waals surface area contributed by atoms with Crippen molar-refractivity contribution >= 4 is 28.3 Å². The summed E-state index contributed by atoms with van der Waals surface area (Å²) in [7, 11) is 0. The van der Waals surface area contributed by atoms with Crippen LogP contribution in [0.5, 0.6) is 5.75 Å². The van der Waals surface area contributed by atoms with Crippen LogP contribution in [0.15, 0.2) is 22.7 Å². The lowest BCUT2D eigenvalue weighted by Crippen LogP contribution is -2.49. The zero-order valence-corrected chi connectivity index (χ0v) is 14.9. The summed E-state index contributed by atoms with van der Waals surface area (Å²) in [6.45, 7) is 7.87. The Morgan fingerprint density at radius 3 is 2.52 bits per heavy atom. The Morgan fingerprint density at radius 2 is 1.95 bits per heavy atom. The topological polar surface area (TPSA) is 55.7 Å². The van der Waals surface area contributed by atoms with Crippen LogP contribution in [0, 0.1) is 5.41 Å². The average molecular weight is 380 g/mol. The summed E-state index contributed by atoms with van der Waals surface area (Å²) < 4.78 is 0.698. The van der Waals surface area contributed by atoms with Gasteiger partial charge in [-0.15, -0.1) is 12.4 Å². The number of piperazine rings is 1. The maximum absolute atomic E-state index is 10.4. The van der Waals surface area contributed by atoms with Crippen LogP contribution in [-0.2, 0) is 0 Å². The van der Waals surface area contributed by atoms with Crippen molar-refractivity contribution in [1.82, 2.24) is 10.2 Å². The SMILES string of the molecule is CC(C)(CO)[C@@H](c1cccc(Br)c1O)N1CCNCC1.Cl. The van der Waals surface area contributed by atoms with Gasteiger partial charge in [-0.1, -0.05) is 26.0 Å². The number of aliphatic hydroxyl groups excluding tert-OH is 1. The Morgan fingerprint density at radius 1 is 1.33 bits per heavy atom. The number of benzene rings is 1. The molecule has 0 bridgehead atoms. The van der Waals surface area contributed by atoms with Gasteiger partial charge in [0.15, 0.2) is 0 Å². The van der Waals surface area contributed by atoms with Gasteiger partial charge in [-0.05, 0) is 22.0 Å². The minimum absolute atomic E-state index is 0. The molecule has 1 saturated heterocycles. The molecule has 0 aromatic heterocycles. The van der Waals surface area contributed by atoms with E-state index in [1.54, 1.807) is 0 Å². The van der Waals surface area contributed by atoms with Gasteiger partial charge in [-0.3, -0.25) is 4.90 Å². The summed E-state index contributed by atoms with van der Waals surface area (Å²) in [6, 6.07) is 5.71. The first-order chi connectivity index (χ1) is 9.47. The Bertz CT molecular complexity index is 465. The van der Waals surface area contributed by atoms with Crippen LogP contribution in [0.3, 0.4) is 0 Å². The van der Waals surface area contributed by atoms with Crippen molar-refractivity contribution in [2.45, 2.75) is 19.9 Å². The van der Waals surface area contributed by atoms with E-state index >= 15 is 0 Å². The van der Waals surface area contributed by atoms with Crippen LogP contribution >= 0.6 is 28.3 Å². The molecule has 1 aliphatic heterocycles. The summed E-state index contributed by atoms with van der Waals surface area (Å²) in [5, 5.41) is 23.5. The molecule has 0 amide bonds. The second kappa shape index (κ2) is 7.79. The molecule has 0 spiro atoms. The van der Waals surface area contributed by atoms with Gasteiger partial charge in [0.2, 0.25) is 0 Å². The molecule has 4 nitrogen and oxygen atoms in total. The van der Waals surface area contributed by atoms with Crippen LogP contribution in [0.4, 0.5) is 0 Å². The van der Waals surface area contributed by atoms with Gasteiger partial charge in [0, 0.05) is 49.8 Å².